The molecule has 0 amide bonds. The summed E-state index contributed by atoms with van der Waals surface area (Å²) in [6.45, 7) is 3.38. The van der Waals surface area contributed by atoms with Crippen LogP contribution in [0.4, 0.5) is 5.69 Å². The van der Waals surface area contributed by atoms with E-state index in [9.17, 15) is 0 Å². The molecule has 2 rings (SSSR count). The molecule has 2 heteroatoms. The van der Waals surface area contributed by atoms with Crippen molar-refractivity contribution in [1.82, 2.24) is 0 Å². The third-order valence-electron chi connectivity index (χ3n) is 4.55. The van der Waals surface area contributed by atoms with E-state index in [1.807, 2.05) is 0 Å². The first-order valence-corrected chi connectivity index (χ1v) is 7.72. The summed E-state index contributed by atoms with van der Waals surface area (Å²) in [6.07, 6.45) is 6.53. The minimum Gasteiger partial charge on any atom is -0.374 e. The Morgan fingerprint density at radius 3 is 2.63 bits per heavy atom. The molecule has 1 aromatic carbocycles. The van der Waals surface area contributed by atoms with E-state index in [4.69, 9.17) is 5.73 Å². The van der Waals surface area contributed by atoms with E-state index in [1.165, 1.54) is 37.8 Å². The summed E-state index contributed by atoms with van der Waals surface area (Å²) < 4.78 is 0. The monoisotopic (exact) mass is 260 g/mol. The first-order chi connectivity index (χ1) is 9.20. The van der Waals surface area contributed by atoms with E-state index in [-0.39, 0.29) is 0 Å². The normalized spacial score (nSPS) is 27.2. The van der Waals surface area contributed by atoms with Gasteiger partial charge >= 0.3 is 0 Å². The Balaban J connectivity index is 1.93. The van der Waals surface area contributed by atoms with Crippen molar-refractivity contribution in [2.45, 2.75) is 45.1 Å². The lowest BCUT2D eigenvalue weighted by atomic mass is 9.76. The van der Waals surface area contributed by atoms with Gasteiger partial charge in [0.05, 0.1) is 0 Å². The van der Waals surface area contributed by atoms with Crippen LogP contribution in [-0.2, 0) is 0 Å². The van der Waals surface area contributed by atoms with Crippen LogP contribution in [0, 0.1) is 11.8 Å². The number of nitrogens with two attached hydrogens (primary N) is 1. The number of rotatable bonds is 5. The number of para-hydroxylation sites is 1. The standard InChI is InChI=1S/C17H28N2/c1-3-7-14-10-11-17(18)15(12-14)13-19(2)16-8-5-4-6-9-16/h4-6,8-9,14-15,17H,3,7,10-13,18H2,1-2H3. The number of anilines is 1. The Hall–Kier alpha value is -1.02. The smallest absolute Gasteiger partial charge is 0.0363 e. The van der Waals surface area contributed by atoms with Gasteiger partial charge in [0.1, 0.15) is 0 Å². The average molecular weight is 260 g/mol. The molecule has 0 bridgehead atoms. The van der Waals surface area contributed by atoms with Crippen LogP contribution in [0.5, 0.6) is 0 Å². The van der Waals surface area contributed by atoms with E-state index in [2.05, 4.69) is 49.2 Å². The molecule has 19 heavy (non-hydrogen) atoms. The highest BCUT2D eigenvalue weighted by molar-refractivity contribution is 5.45. The third-order valence-corrected chi connectivity index (χ3v) is 4.55. The zero-order valence-corrected chi connectivity index (χ0v) is 12.4. The SMILES string of the molecule is CCCC1CCC(N)C(CN(C)c2ccccc2)C1. The molecule has 0 radical (unpaired) electrons. The number of hydrogen-bond acceptors (Lipinski definition) is 2. The maximum atomic E-state index is 6.34. The zero-order valence-electron chi connectivity index (χ0n) is 12.4. The maximum Gasteiger partial charge on any atom is 0.0363 e. The molecule has 1 aromatic rings. The number of benzene rings is 1. The van der Waals surface area contributed by atoms with Crippen molar-refractivity contribution in [3.05, 3.63) is 30.3 Å². The molecule has 2 N–H and O–H groups in total. The van der Waals surface area contributed by atoms with Gasteiger partial charge < -0.3 is 10.6 Å². The van der Waals surface area contributed by atoms with Crippen molar-refractivity contribution < 1.29 is 0 Å². The topological polar surface area (TPSA) is 29.3 Å². The highest BCUT2D eigenvalue weighted by Crippen LogP contribution is 2.32. The van der Waals surface area contributed by atoms with Crippen molar-refractivity contribution in [1.29, 1.82) is 0 Å². The Morgan fingerprint density at radius 1 is 1.21 bits per heavy atom. The van der Waals surface area contributed by atoms with Crippen LogP contribution in [0.3, 0.4) is 0 Å². The van der Waals surface area contributed by atoms with Crippen molar-refractivity contribution in [3.8, 4) is 0 Å². The fourth-order valence-electron chi connectivity index (χ4n) is 3.40. The van der Waals surface area contributed by atoms with Crippen molar-refractivity contribution in [2.24, 2.45) is 17.6 Å². The van der Waals surface area contributed by atoms with Gasteiger partial charge in [0.15, 0.2) is 0 Å². The number of hydrogen-bond donors (Lipinski definition) is 1. The van der Waals surface area contributed by atoms with Crippen LogP contribution in [0.15, 0.2) is 30.3 Å². The van der Waals surface area contributed by atoms with Crippen LogP contribution >= 0.6 is 0 Å². The summed E-state index contributed by atoms with van der Waals surface area (Å²) in [5.41, 5.74) is 7.64. The summed E-state index contributed by atoms with van der Waals surface area (Å²) in [5, 5.41) is 0. The molecule has 1 fully saturated rings. The van der Waals surface area contributed by atoms with Crippen molar-refractivity contribution >= 4 is 5.69 Å². The second-order valence-electron chi connectivity index (χ2n) is 6.11. The van der Waals surface area contributed by atoms with Crippen molar-refractivity contribution in [2.75, 3.05) is 18.5 Å². The molecule has 1 aliphatic rings. The van der Waals surface area contributed by atoms with Crippen LogP contribution in [0.1, 0.15) is 39.0 Å². The van der Waals surface area contributed by atoms with Gasteiger partial charge in [0.25, 0.3) is 0 Å². The predicted molar refractivity (Wildman–Crippen MR) is 83.4 cm³/mol. The molecule has 0 spiro atoms. The average Bonchev–Trinajstić information content (AvgIpc) is 2.44. The molecule has 106 valence electrons. The molecular formula is C17H28N2. The molecule has 0 aromatic heterocycles. The van der Waals surface area contributed by atoms with E-state index in [0.29, 0.717) is 12.0 Å². The molecule has 1 aliphatic carbocycles. The Labute approximate surface area is 118 Å². The van der Waals surface area contributed by atoms with Gasteiger partial charge in [-0.25, -0.2) is 0 Å². The molecular weight excluding hydrogens is 232 g/mol. The van der Waals surface area contributed by atoms with Gasteiger partial charge in [-0.15, -0.1) is 0 Å². The highest BCUT2D eigenvalue weighted by Gasteiger charge is 2.28. The fourth-order valence-corrected chi connectivity index (χ4v) is 3.40. The second kappa shape index (κ2) is 6.95. The van der Waals surface area contributed by atoms with Gasteiger partial charge in [-0.05, 0) is 43.2 Å². The molecule has 0 aliphatic heterocycles. The first-order valence-electron chi connectivity index (χ1n) is 7.72. The van der Waals surface area contributed by atoms with E-state index < -0.39 is 0 Å². The zero-order chi connectivity index (χ0) is 13.7. The Bertz CT molecular complexity index is 363. The van der Waals surface area contributed by atoms with Crippen molar-refractivity contribution in [3.63, 3.8) is 0 Å². The predicted octanol–water partition coefficient (Wildman–Crippen LogP) is 3.67. The highest BCUT2D eigenvalue weighted by atomic mass is 15.1. The maximum absolute atomic E-state index is 6.34. The van der Waals surface area contributed by atoms with Crippen LogP contribution in [-0.4, -0.2) is 19.6 Å². The number of nitrogens with zero attached hydrogens (tertiary/aromatic N) is 1. The minimum absolute atomic E-state index is 0.388. The quantitative estimate of drug-likeness (QED) is 0.875. The van der Waals surface area contributed by atoms with Gasteiger partial charge in [-0.3, -0.25) is 0 Å². The lowest BCUT2D eigenvalue weighted by molar-refractivity contribution is 0.226. The summed E-state index contributed by atoms with van der Waals surface area (Å²) >= 11 is 0. The Morgan fingerprint density at radius 2 is 1.95 bits per heavy atom. The lowest BCUT2D eigenvalue weighted by Crippen LogP contribution is -2.42. The van der Waals surface area contributed by atoms with E-state index in [1.54, 1.807) is 0 Å². The largest absolute Gasteiger partial charge is 0.374 e. The van der Waals surface area contributed by atoms with E-state index >= 15 is 0 Å². The second-order valence-corrected chi connectivity index (χ2v) is 6.11. The van der Waals surface area contributed by atoms with Gasteiger partial charge in [0.2, 0.25) is 0 Å². The summed E-state index contributed by atoms with van der Waals surface area (Å²) in [5.74, 6) is 1.55. The van der Waals surface area contributed by atoms with Gasteiger partial charge in [0, 0.05) is 25.3 Å². The Kier molecular flexibility index (Phi) is 5.26. The molecule has 2 nitrogen and oxygen atoms in total. The molecule has 3 unspecified atom stereocenters. The van der Waals surface area contributed by atoms with Gasteiger partial charge in [-0.1, -0.05) is 38.0 Å². The summed E-state index contributed by atoms with van der Waals surface area (Å²) in [6, 6.07) is 11.0. The van der Waals surface area contributed by atoms with Crippen LogP contribution in [0.25, 0.3) is 0 Å². The molecule has 3 atom stereocenters. The minimum atomic E-state index is 0.388. The third kappa shape index (κ3) is 3.97. The van der Waals surface area contributed by atoms with E-state index in [0.717, 1.165) is 12.5 Å². The molecule has 1 saturated carbocycles. The van der Waals surface area contributed by atoms with Gasteiger partial charge in [-0.2, -0.15) is 0 Å². The summed E-state index contributed by atoms with van der Waals surface area (Å²) in [7, 11) is 2.19. The summed E-state index contributed by atoms with van der Waals surface area (Å²) in [4.78, 5) is 2.36. The lowest BCUT2D eigenvalue weighted by Gasteiger charge is -2.37. The fraction of sp³-hybridized carbons (Fsp3) is 0.647. The first kappa shape index (κ1) is 14.4. The molecule has 0 saturated heterocycles. The van der Waals surface area contributed by atoms with Crippen LogP contribution < -0.4 is 10.6 Å². The van der Waals surface area contributed by atoms with Crippen LogP contribution in [0.2, 0.25) is 0 Å². The molecule has 0 heterocycles.